The monoisotopic (exact) mass is 409 g/mol. The molecule has 2 rings (SSSR count). The van der Waals surface area contributed by atoms with Crippen LogP contribution in [0.1, 0.15) is 25.0 Å². The van der Waals surface area contributed by atoms with E-state index >= 15 is 0 Å². The lowest BCUT2D eigenvalue weighted by atomic mass is 10.0. The number of carboxylic acids is 1. The highest BCUT2D eigenvalue weighted by Gasteiger charge is 2.45. The molecule has 0 spiro atoms. The summed E-state index contributed by atoms with van der Waals surface area (Å²) in [5.74, 6) is -2.68. The Bertz CT molecular complexity index is 824. The minimum atomic E-state index is -4.54. The van der Waals surface area contributed by atoms with Gasteiger partial charge in [0.15, 0.2) is 6.17 Å². The maximum atomic E-state index is 12.6. The summed E-state index contributed by atoms with van der Waals surface area (Å²) in [7, 11) is -4.26. The first-order valence-corrected chi connectivity index (χ1v) is 9.25. The second kappa shape index (κ2) is 7.44. The quantitative estimate of drug-likeness (QED) is 0.643. The highest BCUT2D eigenvalue weighted by atomic mass is 32.2. The van der Waals surface area contributed by atoms with Crippen LogP contribution in [0.4, 0.5) is 13.2 Å². The number of nitrogens with zero attached hydrogens (tertiary/aromatic N) is 1. The fraction of sp³-hybridized carbons (Fsp3) is 0.467. The second-order valence-electron chi connectivity index (χ2n) is 6.34. The number of nitrogens with one attached hydrogen (secondary N) is 2. The van der Waals surface area contributed by atoms with Crippen molar-refractivity contribution in [1.82, 2.24) is 14.3 Å². The molecule has 0 saturated carbocycles. The van der Waals surface area contributed by atoms with E-state index in [9.17, 15) is 36.3 Å². The van der Waals surface area contributed by atoms with Crippen LogP contribution in [0.5, 0.6) is 0 Å². The van der Waals surface area contributed by atoms with E-state index in [-0.39, 0.29) is 5.56 Å². The Balaban J connectivity index is 2.28. The Morgan fingerprint density at radius 1 is 1.30 bits per heavy atom. The van der Waals surface area contributed by atoms with Gasteiger partial charge in [0, 0.05) is 6.54 Å². The Kier molecular flexibility index (Phi) is 5.82. The van der Waals surface area contributed by atoms with E-state index in [1.807, 2.05) is 0 Å². The average molecular weight is 409 g/mol. The minimum Gasteiger partial charge on any atom is -0.480 e. The second-order valence-corrected chi connectivity index (χ2v) is 7.96. The van der Waals surface area contributed by atoms with Crippen LogP contribution in [0.15, 0.2) is 24.3 Å². The maximum absolute atomic E-state index is 12.6. The highest BCUT2D eigenvalue weighted by molar-refractivity contribution is 7.88. The van der Waals surface area contributed by atoms with Crippen LogP contribution in [0.3, 0.4) is 0 Å². The molecule has 1 aliphatic rings. The number of hydrogen-bond acceptors (Lipinski definition) is 5. The third-order valence-corrected chi connectivity index (χ3v) is 5.38. The average Bonchev–Trinajstić information content (AvgIpc) is 2.72. The van der Waals surface area contributed by atoms with Crippen molar-refractivity contribution in [2.24, 2.45) is 5.92 Å². The number of halogens is 3. The molecule has 1 aliphatic heterocycles. The SMILES string of the molecule is CC(C)[C@H](N[C@H]1C(=O)NS(=O)(=O)N1Cc1ccc(C(F)(F)F)cc1)C(=O)O. The number of hydrogen-bond donors (Lipinski definition) is 3. The first kappa shape index (κ1) is 21.1. The van der Waals surface area contributed by atoms with Crippen LogP contribution in [-0.4, -0.2) is 41.9 Å². The fourth-order valence-corrected chi connectivity index (χ4v) is 3.78. The standard InChI is InChI=1S/C15H18F3N3O5S/c1-8(2)11(14(23)24)19-12-13(22)20-27(25,26)21(12)7-9-3-5-10(6-4-9)15(16,17)18/h3-6,8,11-12,19H,7H2,1-2H3,(H,20,22)(H,23,24)/t11-,12+/m0/s1. The van der Waals surface area contributed by atoms with Gasteiger partial charge < -0.3 is 5.11 Å². The molecule has 150 valence electrons. The van der Waals surface area contributed by atoms with Crippen LogP contribution in [-0.2, 0) is 32.5 Å². The largest absolute Gasteiger partial charge is 0.480 e. The van der Waals surface area contributed by atoms with Crippen molar-refractivity contribution in [2.75, 3.05) is 0 Å². The Labute approximate surface area is 153 Å². The Morgan fingerprint density at radius 2 is 1.85 bits per heavy atom. The van der Waals surface area contributed by atoms with Gasteiger partial charge in [-0.05, 0) is 23.6 Å². The summed E-state index contributed by atoms with van der Waals surface area (Å²) in [6.07, 6.45) is -6.04. The van der Waals surface area contributed by atoms with Crippen LogP contribution in [0.25, 0.3) is 0 Å². The molecule has 1 aromatic rings. The summed E-state index contributed by atoms with van der Waals surface area (Å²) in [6.45, 7) is 2.74. The van der Waals surface area contributed by atoms with Gasteiger partial charge in [-0.1, -0.05) is 26.0 Å². The molecule has 27 heavy (non-hydrogen) atoms. The lowest BCUT2D eigenvalue weighted by Gasteiger charge is -2.26. The van der Waals surface area contributed by atoms with Crippen LogP contribution >= 0.6 is 0 Å². The number of benzene rings is 1. The Morgan fingerprint density at radius 3 is 2.30 bits per heavy atom. The Hall–Kier alpha value is -2.18. The van der Waals surface area contributed by atoms with E-state index in [0.29, 0.717) is 4.31 Å². The van der Waals surface area contributed by atoms with Gasteiger partial charge in [0.05, 0.1) is 5.56 Å². The zero-order valence-corrected chi connectivity index (χ0v) is 15.1. The molecule has 0 aromatic heterocycles. The van der Waals surface area contributed by atoms with E-state index in [1.165, 1.54) is 0 Å². The van der Waals surface area contributed by atoms with E-state index in [4.69, 9.17) is 0 Å². The van der Waals surface area contributed by atoms with Gasteiger partial charge in [-0.25, -0.2) is 4.72 Å². The van der Waals surface area contributed by atoms with Crippen molar-refractivity contribution in [3.8, 4) is 0 Å². The van der Waals surface area contributed by atoms with Crippen molar-refractivity contribution in [1.29, 1.82) is 0 Å². The van der Waals surface area contributed by atoms with Gasteiger partial charge in [0.25, 0.3) is 5.91 Å². The molecule has 0 radical (unpaired) electrons. The first-order valence-electron chi connectivity index (χ1n) is 7.81. The zero-order chi connectivity index (χ0) is 20.6. The molecule has 3 N–H and O–H groups in total. The molecular formula is C15H18F3N3O5S. The molecule has 1 aromatic carbocycles. The maximum Gasteiger partial charge on any atom is 0.416 e. The number of carboxylic acid groups (broad SMARTS) is 1. The van der Waals surface area contributed by atoms with Gasteiger partial charge in [0.1, 0.15) is 6.04 Å². The molecule has 12 heteroatoms. The number of alkyl halides is 3. The third-order valence-electron chi connectivity index (χ3n) is 3.96. The smallest absolute Gasteiger partial charge is 0.416 e. The van der Waals surface area contributed by atoms with Crippen LogP contribution in [0, 0.1) is 5.92 Å². The molecular weight excluding hydrogens is 391 g/mol. The number of rotatable bonds is 6. The number of amides is 1. The predicted molar refractivity (Wildman–Crippen MR) is 87.2 cm³/mol. The molecule has 8 nitrogen and oxygen atoms in total. The molecule has 2 atom stereocenters. The van der Waals surface area contributed by atoms with Crippen LogP contribution in [0.2, 0.25) is 0 Å². The van der Waals surface area contributed by atoms with Crippen molar-refractivity contribution in [3.63, 3.8) is 0 Å². The summed E-state index contributed by atoms with van der Waals surface area (Å²) in [5.41, 5.74) is -0.698. The van der Waals surface area contributed by atoms with Crippen molar-refractivity contribution >= 4 is 22.1 Å². The molecule has 0 unspecified atom stereocenters. The summed E-state index contributed by atoms with van der Waals surface area (Å²) >= 11 is 0. The number of aliphatic carboxylic acids is 1. The van der Waals surface area contributed by atoms with Crippen molar-refractivity contribution < 1.29 is 36.3 Å². The van der Waals surface area contributed by atoms with Gasteiger partial charge in [-0.2, -0.15) is 25.9 Å². The molecule has 1 fully saturated rings. The summed E-state index contributed by atoms with van der Waals surface area (Å²) in [4.78, 5) is 23.3. The van der Waals surface area contributed by atoms with Gasteiger partial charge in [0.2, 0.25) is 0 Å². The molecule has 1 heterocycles. The lowest BCUT2D eigenvalue weighted by molar-refractivity contribution is -0.141. The normalized spacial score (nSPS) is 21.3. The lowest BCUT2D eigenvalue weighted by Crippen LogP contribution is -2.54. The van der Waals surface area contributed by atoms with E-state index < -0.39 is 58.5 Å². The molecule has 0 aliphatic carbocycles. The summed E-state index contributed by atoms with van der Waals surface area (Å²) in [6, 6.07) is 2.57. The number of carbonyl (C=O) groups excluding carboxylic acids is 1. The van der Waals surface area contributed by atoms with Gasteiger partial charge in [-0.15, -0.1) is 0 Å². The first-order chi connectivity index (χ1) is 12.3. The van der Waals surface area contributed by atoms with E-state index in [0.717, 1.165) is 24.3 Å². The van der Waals surface area contributed by atoms with E-state index in [1.54, 1.807) is 18.6 Å². The predicted octanol–water partition coefficient (Wildman–Crippen LogP) is 0.907. The molecule has 0 bridgehead atoms. The van der Waals surface area contributed by atoms with E-state index in [2.05, 4.69) is 5.32 Å². The zero-order valence-electron chi connectivity index (χ0n) is 14.3. The fourth-order valence-electron chi connectivity index (χ4n) is 2.54. The van der Waals surface area contributed by atoms with Gasteiger partial charge >= 0.3 is 22.4 Å². The molecule has 1 amide bonds. The van der Waals surface area contributed by atoms with Crippen molar-refractivity contribution in [3.05, 3.63) is 35.4 Å². The topological polar surface area (TPSA) is 116 Å². The summed E-state index contributed by atoms with van der Waals surface area (Å²) in [5, 5.41) is 11.7. The summed E-state index contributed by atoms with van der Waals surface area (Å²) < 4.78 is 64.6. The van der Waals surface area contributed by atoms with Crippen molar-refractivity contribution in [2.45, 2.75) is 38.8 Å². The minimum absolute atomic E-state index is 0.200. The molecule has 1 saturated heterocycles. The third kappa shape index (κ3) is 4.76. The highest BCUT2D eigenvalue weighted by Crippen LogP contribution is 2.29. The van der Waals surface area contributed by atoms with Gasteiger partial charge in [-0.3, -0.25) is 14.9 Å². The number of carbonyl (C=O) groups is 2. The van der Waals surface area contributed by atoms with Crippen LogP contribution < -0.4 is 10.0 Å².